The van der Waals surface area contributed by atoms with E-state index in [1.807, 2.05) is 12.1 Å². The molecular weight excluding hydrogens is 498 g/mol. The van der Waals surface area contributed by atoms with Gasteiger partial charge in [0.2, 0.25) is 0 Å². The minimum Gasteiger partial charge on any atom is -1.00 e. The van der Waals surface area contributed by atoms with E-state index in [4.69, 9.17) is 0 Å². The average molecular weight is 525 g/mol. The van der Waals surface area contributed by atoms with Gasteiger partial charge in [-0.3, -0.25) is 0 Å². The molecule has 0 aliphatic heterocycles. The molecule has 3 heteroatoms. The first kappa shape index (κ1) is 27.4. The van der Waals surface area contributed by atoms with Gasteiger partial charge in [0, 0.05) is 0 Å². The van der Waals surface area contributed by atoms with Gasteiger partial charge in [-0.05, 0) is 6.42 Å². The van der Waals surface area contributed by atoms with Crippen LogP contribution in [0, 0.1) is 13.0 Å². The van der Waals surface area contributed by atoms with Crippen molar-refractivity contribution < 1.29 is 49.0 Å². The molecule has 158 valence electrons. The van der Waals surface area contributed by atoms with E-state index in [1.165, 1.54) is 42.2 Å². The van der Waals surface area contributed by atoms with Gasteiger partial charge in [0.25, 0.3) is 0 Å². The van der Waals surface area contributed by atoms with Gasteiger partial charge in [0.1, 0.15) is 0 Å². The van der Waals surface area contributed by atoms with Crippen molar-refractivity contribution in [3.8, 4) is 22.3 Å². The van der Waals surface area contributed by atoms with E-state index >= 15 is 0 Å². The fourth-order valence-electron chi connectivity index (χ4n) is 3.37. The molecule has 0 aromatic heterocycles. The molecule has 4 aromatic carbocycles. The van der Waals surface area contributed by atoms with Gasteiger partial charge in [0.05, 0.1) is 0 Å². The zero-order valence-corrected chi connectivity index (χ0v) is 22.1. The zero-order valence-electron chi connectivity index (χ0n) is 18.1. The predicted octanol–water partition coefficient (Wildman–Crippen LogP) is 1.19. The van der Waals surface area contributed by atoms with Crippen molar-refractivity contribution >= 4 is 3.21 Å². The van der Waals surface area contributed by atoms with Crippen molar-refractivity contribution in [1.29, 1.82) is 0 Å². The molecule has 0 fully saturated rings. The van der Waals surface area contributed by atoms with E-state index in [9.17, 15) is 0 Å². The number of halogens is 2. The van der Waals surface area contributed by atoms with E-state index in [1.54, 1.807) is 24.2 Å². The molecule has 0 atom stereocenters. The number of benzene rings is 3. The number of hydrogen-bond acceptors (Lipinski definition) is 0. The van der Waals surface area contributed by atoms with Crippen LogP contribution in [0.4, 0.5) is 0 Å². The molecule has 0 amide bonds. The molecule has 31 heavy (non-hydrogen) atoms. The number of rotatable bonds is 1. The first-order valence-corrected chi connectivity index (χ1v) is 11.2. The van der Waals surface area contributed by atoms with Gasteiger partial charge in [0.15, 0.2) is 0 Å². The molecule has 0 saturated carbocycles. The molecule has 0 spiro atoms. The maximum atomic E-state index is 3.30. The Labute approximate surface area is 214 Å². The maximum absolute atomic E-state index is 3.30. The van der Waals surface area contributed by atoms with Gasteiger partial charge in [-0.25, -0.2) is 6.07 Å². The maximum Gasteiger partial charge on any atom is -0.0253 e. The summed E-state index contributed by atoms with van der Waals surface area (Å²) < 4.78 is 1.51. The fraction of sp³-hybridized carbons (Fsp3) is 0.143. The molecule has 0 saturated heterocycles. The first-order chi connectivity index (χ1) is 14.0. The SMILES string of the molecule is C[C](C)=[Zr+2].Cc1cc(-c2ccccc2)c[cH-]1.[Cl-].[Cl-].[c-]1cccc2c1Cc1ccccc1-2. The van der Waals surface area contributed by atoms with Crippen LogP contribution in [0.5, 0.6) is 0 Å². The normalized spacial score (nSPS) is 9.97. The van der Waals surface area contributed by atoms with Crippen molar-refractivity contribution in [1.82, 2.24) is 0 Å². The summed E-state index contributed by atoms with van der Waals surface area (Å²) in [6.07, 6.45) is 1.05. The quantitative estimate of drug-likeness (QED) is 0.289. The summed E-state index contributed by atoms with van der Waals surface area (Å²) in [7, 11) is 0. The summed E-state index contributed by atoms with van der Waals surface area (Å²) in [5.74, 6) is 0. The largest absolute Gasteiger partial charge is 1.00 e. The smallest absolute Gasteiger partial charge is 0.0253 e. The van der Waals surface area contributed by atoms with Crippen LogP contribution < -0.4 is 24.8 Å². The average Bonchev–Trinajstić information content (AvgIpc) is 3.32. The number of hydrogen-bond donors (Lipinski definition) is 0. The summed E-state index contributed by atoms with van der Waals surface area (Å²) in [6.45, 7) is 6.36. The van der Waals surface area contributed by atoms with E-state index in [-0.39, 0.29) is 24.8 Å². The number of aryl methyl sites for hydroxylation is 1. The Hall–Kier alpha value is -1.66. The van der Waals surface area contributed by atoms with Crippen molar-refractivity contribution in [2.45, 2.75) is 27.2 Å². The number of fused-ring (bicyclic) bond motifs is 3. The van der Waals surface area contributed by atoms with Crippen molar-refractivity contribution in [2.75, 3.05) is 0 Å². The molecule has 0 heterocycles. The molecule has 0 radical (unpaired) electrons. The molecular formula is C28H26Cl2Zr-2. The molecule has 0 N–H and O–H groups in total. The third-order valence-electron chi connectivity index (χ3n) is 4.63. The standard InChI is InChI=1S/C13H9.C12H11.C3H6.2ClH.Zr/c1-3-7-12-10(5-1)9-11-6-2-4-8-13(11)12;1-10-7-8-12(9-10)11-5-3-2-4-6-11;1-3-2;;;/h1-5,7-8H,9H2;2-9H,1H3;1-2H3;2*1H;/q2*-1;;;;+2/p-2. The van der Waals surface area contributed by atoms with Gasteiger partial charge >= 0.3 is 41.3 Å². The Kier molecular flexibility index (Phi) is 12.1. The summed E-state index contributed by atoms with van der Waals surface area (Å²) in [4.78, 5) is 0. The van der Waals surface area contributed by atoms with Crippen LogP contribution in [0.2, 0.25) is 0 Å². The van der Waals surface area contributed by atoms with Crippen molar-refractivity contribution in [3.63, 3.8) is 0 Å². The molecule has 0 unspecified atom stereocenters. The monoisotopic (exact) mass is 522 g/mol. The Bertz CT molecular complexity index is 1030. The summed E-state index contributed by atoms with van der Waals surface area (Å²) in [5, 5.41) is 0. The third kappa shape index (κ3) is 8.08. The summed E-state index contributed by atoms with van der Waals surface area (Å²) in [6, 6.07) is 35.1. The minimum atomic E-state index is 0. The molecule has 0 nitrogen and oxygen atoms in total. The van der Waals surface area contributed by atoms with Crippen molar-refractivity contribution in [2.24, 2.45) is 0 Å². The Balaban J connectivity index is 0.000000252. The zero-order chi connectivity index (χ0) is 20.6. The predicted molar refractivity (Wildman–Crippen MR) is 122 cm³/mol. The van der Waals surface area contributed by atoms with Crippen LogP contribution in [0.15, 0.2) is 91.0 Å². The minimum absolute atomic E-state index is 0. The van der Waals surface area contributed by atoms with Crippen LogP contribution in [0.25, 0.3) is 22.3 Å². The van der Waals surface area contributed by atoms with E-state index < -0.39 is 0 Å². The Morgan fingerprint density at radius 3 is 2.10 bits per heavy atom. The van der Waals surface area contributed by atoms with E-state index in [0.29, 0.717) is 0 Å². The van der Waals surface area contributed by atoms with Gasteiger partial charge in [-0.2, -0.15) is 53.1 Å². The molecule has 1 aliphatic rings. The molecule has 0 bridgehead atoms. The summed E-state index contributed by atoms with van der Waals surface area (Å²) in [5.41, 5.74) is 9.45. The fourth-order valence-corrected chi connectivity index (χ4v) is 3.37. The summed E-state index contributed by atoms with van der Waals surface area (Å²) >= 11 is 1.55. The Morgan fingerprint density at radius 1 is 0.839 bits per heavy atom. The van der Waals surface area contributed by atoms with Crippen LogP contribution in [-0.4, -0.2) is 3.21 Å². The second kappa shape index (κ2) is 13.7. The Morgan fingerprint density at radius 2 is 1.45 bits per heavy atom. The third-order valence-corrected chi connectivity index (χ3v) is 4.63. The molecule has 1 aliphatic carbocycles. The molecule has 4 aromatic rings. The first-order valence-electron chi connectivity index (χ1n) is 9.93. The van der Waals surface area contributed by atoms with Crippen LogP contribution in [-0.2, 0) is 30.7 Å². The van der Waals surface area contributed by atoms with Gasteiger partial charge < -0.3 is 24.8 Å². The molecule has 5 rings (SSSR count). The van der Waals surface area contributed by atoms with Gasteiger partial charge in [-0.1, -0.05) is 78.2 Å². The van der Waals surface area contributed by atoms with E-state index in [0.717, 1.165) is 6.42 Å². The van der Waals surface area contributed by atoms with Crippen LogP contribution in [0.3, 0.4) is 0 Å². The second-order valence-corrected chi connectivity index (χ2v) is 9.90. The van der Waals surface area contributed by atoms with Crippen LogP contribution in [0.1, 0.15) is 30.5 Å². The van der Waals surface area contributed by atoms with Crippen molar-refractivity contribution in [3.05, 3.63) is 114 Å². The topological polar surface area (TPSA) is 0 Å². The second-order valence-electron chi connectivity index (χ2n) is 7.44. The van der Waals surface area contributed by atoms with E-state index in [2.05, 4.69) is 106 Å². The van der Waals surface area contributed by atoms with Gasteiger partial charge in [-0.15, -0.1) is 5.56 Å². The van der Waals surface area contributed by atoms with Crippen LogP contribution >= 0.6 is 0 Å².